The number of hydrogen-bond donors (Lipinski definition) is 0. The number of hydrogen-bond acceptors (Lipinski definition) is 3. The van der Waals surface area contributed by atoms with E-state index < -0.39 is 0 Å². The zero-order valence-electron chi connectivity index (χ0n) is 11.4. The maximum atomic E-state index is 8.78. The molecule has 1 aliphatic heterocycles. The number of anilines is 1. The van der Waals surface area contributed by atoms with Crippen molar-refractivity contribution >= 4 is 5.82 Å². The third-order valence-corrected chi connectivity index (χ3v) is 4.07. The molecule has 1 aromatic heterocycles. The molecule has 0 aliphatic carbocycles. The van der Waals surface area contributed by atoms with Crippen molar-refractivity contribution in [3.05, 3.63) is 23.9 Å². The van der Waals surface area contributed by atoms with Gasteiger partial charge in [0, 0.05) is 19.3 Å². The second-order valence-corrected chi connectivity index (χ2v) is 5.64. The average molecular weight is 243 g/mol. The molecule has 0 N–H and O–H groups in total. The van der Waals surface area contributed by atoms with Gasteiger partial charge in [0.15, 0.2) is 0 Å². The second-order valence-electron chi connectivity index (χ2n) is 5.64. The smallest absolute Gasteiger partial charge is 0.128 e. The molecule has 0 saturated carbocycles. The Bertz CT molecular complexity index is 430. The molecule has 2 heterocycles. The molecule has 96 valence electrons. The largest absolute Gasteiger partial charge is 0.356 e. The number of nitriles is 1. The Kier molecular flexibility index (Phi) is 3.86. The quantitative estimate of drug-likeness (QED) is 0.801. The van der Waals surface area contributed by atoms with Gasteiger partial charge in [-0.3, -0.25) is 0 Å². The van der Waals surface area contributed by atoms with Gasteiger partial charge < -0.3 is 4.90 Å². The Morgan fingerprint density at radius 2 is 2.22 bits per heavy atom. The highest BCUT2D eigenvalue weighted by molar-refractivity contribution is 5.42. The van der Waals surface area contributed by atoms with Gasteiger partial charge in [0.2, 0.25) is 0 Å². The molecule has 0 bridgehead atoms. The summed E-state index contributed by atoms with van der Waals surface area (Å²) in [4.78, 5) is 6.75. The van der Waals surface area contributed by atoms with E-state index in [9.17, 15) is 0 Å². The van der Waals surface area contributed by atoms with Gasteiger partial charge in [0.05, 0.1) is 5.56 Å². The van der Waals surface area contributed by atoms with Gasteiger partial charge in [-0.05, 0) is 36.3 Å². The molecule has 0 radical (unpaired) electrons. The van der Waals surface area contributed by atoms with Crippen LogP contribution in [0, 0.1) is 29.1 Å². The van der Waals surface area contributed by atoms with Crippen molar-refractivity contribution in [2.75, 3.05) is 18.0 Å². The second kappa shape index (κ2) is 5.39. The van der Waals surface area contributed by atoms with Crippen molar-refractivity contribution in [3.8, 4) is 6.07 Å². The molecule has 18 heavy (non-hydrogen) atoms. The standard InChI is InChI=1S/C15H21N3/c1-11(2)14-10-18(7-6-12(14)3)15-5-4-13(8-16)9-17-15/h4-5,9,11-12,14H,6-7,10H2,1-3H3/t12-,14-/m1/s1. The van der Waals surface area contributed by atoms with Gasteiger partial charge in [0.25, 0.3) is 0 Å². The van der Waals surface area contributed by atoms with E-state index in [0.717, 1.165) is 30.7 Å². The summed E-state index contributed by atoms with van der Waals surface area (Å²) >= 11 is 0. The van der Waals surface area contributed by atoms with Crippen molar-refractivity contribution in [2.45, 2.75) is 27.2 Å². The average Bonchev–Trinajstić information content (AvgIpc) is 2.39. The Labute approximate surface area is 109 Å². The van der Waals surface area contributed by atoms with Crippen molar-refractivity contribution < 1.29 is 0 Å². The molecule has 1 aliphatic rings. The van der Waals surface area contributed by atoms with Crippen LogP contribution in [0.3, 0.4) is 0 Å². The summed E-state index contributed by atoms with van der Waals surface area (Å²) < 4.78 is 0. The van der Waals surface area contributed by atoms with Gasteiger partial charge in [-0.25, -0.2) is 4.98 Å². The van der Waals surface area contributed by atoms with E-state index in [1.807, 2.05) is 12.1 Å². The van der Waals surface area contributed by atoms with E-state index in [0.29, 0.717) is 11.5 Å². The molecule has 2 rings (SSSR count). The zero-order chi connectivity index (χ0) is 13.1. The molecule has 1 fully saturated rings. The summed E-state index contributed by atoms with van der Waals surface area (Å²) in [6.07, 6.45) is 2.89. The fourth-order valence-corrected chi connectivity index (χ4v) is 2.81. The van der Waals surface area contributed by atoms with Crippen LogP contribution < -0.4 is 4.90 Å². The number of nitrogens with zero attached hydrogens (tertiary/aromatic N) is 3. The molecule has 3 nitrogen and oxygen atoms in total. The highest BCUT2D eigenvalue weighted by Crippen LogP contribution is 2.31. The van der Waals surface area contributed by atoms with Gasteiger partial charge in [-0.1, -0.05) is 20.8 Å². The van der Waals surface area contributed by atoms with Crippen LogP contribution in [-0.2, 0) is 0 Å². The molecular weight excluding hydrogens is 222 g/mol. The Morgan fingerprint density at radius 3 is 2.78 bits per heavy atom. The monoisotopic (exact) mass is 243 g/mol. The third-order valence-electron chi connectivity index (χ3n) is 4.07. The first-order valence-corrected chi connectivity index (χ1v) is 6.73. The first kappa shape index (κ1) is 12.9. The van der Waals surface area contributed by atoms with Gasteiger partial charge in [-0.15, -0.1) is 0 Å². The number of aromatic nitrogens is 1. The highest BCUT2D eigenvalue weighted by atomic mass is 15.2. The predicted molar refractivity (Wildman–Crippen MR) is 73.3 cm³/mol. The first-order valence-electron chi connectivity index (χ1n) is 6.73. The van der Waals surface area contributed by atoms with Crippen LogP contribution in [-0.4, -0.2) is 18.1 Å². The van der Waals surface area contributed by atoms with Gasteiger partial charge in [-0.2, -0.15) is 5.26 Å². The van der Waals surface area contributed by atoms with Crippen molar-refractivity contribution in [2.24, 2.45) is 17.8 Å². The lowest BCUT2D eigenvalue weighted by Crippen LogP contribution is -2.42. The van der Waals surface area contributed by atoms with Crippen LogP contribution in [0.1, 0.15) is 32.8 Å². The SMILES string of the molecule is CC(C)[C@H]1CN(c2ccc(C#N)cn2)CC[C@H]1C. The molecular formula is C15H21N3. The van der Waals surface area contributed by atoms with Crippen LogP contribution >= 0.6 is 0 Å². The number of rotatable bonds is 2. The minimum Gasteiger partial charge on any atom is -0.356 e. The van der Waals surface area contributed by atoms with E-state index in [2.05, 4.69) is 36.7 Å². The maximum Gasteiger partial charge on any atom is 0.128 e. The minimum absolute atomic E-state index is 0.629. The number of pyridine rings is 1. The lowest BCUT2D eigenvalue weighted by Gasteiger charge is -2.39. The fraction of sp³-hybridized carbons (Fsp3) is 0.600. The fourth-order valence-electron chi connectivity index (χ4n) is 2.81. The molecule has 0 unspecified atom stereocenters. The molecule has 2 atom stereocenters. The van der Waals surface area contributed by atoms with Crippen molar-refractivity contribution in [3.63, 3.8) is 0 Å². The molecule has 1 aromatic rings. The predicted octanol–water partition coefficient (Wildman–Crippen LogP) is 3.07. The number of piperidine rings is 1. The van der Waals surface area contributed by atoms with Crippen LogP contribution in [0.2, 0.25) is 0 Å². The summed E-state index contributed by atoms with van der Waals surface area (Å²) in [5, 5.41) is 8.78. The molecule has 1 saturated heterocycles. The van der Waals surface area contributed by atoms with Gasteiger partial charge >= 0.3 is 0 Å². The molecule has 0 amide bonds. The van der Waals surface area contributed by atoms with Crippen molar-refractivity contribution in [1.82, 2.24) is 4.98 Å². The van der Waals surface area contributed by atoms with Crippen LogP contribution in [0.5, 0.6) is 0 Å². The summed E-state index contributed by atoms with van der Waals surface area (Å²) in [5.74, 6) is 3.24. The highest BCUT2D eigenvalue weighted by Gasteiger charge is 2.28. The zero-order valence-corrected chi connectivity index (χ0v) is 11.4. The molecule has 0 spiro atoms. The summed E-state index contributed by atoms with van der Waals surface area (Å²) in [5.41, 5.74) is 0.629. The Morgan fingerprint density at radius 1 is 1.44 bits per heavy atom. The van der Waals surface area contributed by atoms with E-state index in [1.54, 1.807) is 6.20 Å². The minimum atomic E-state index is 0.629. The summed E-state index contributed by atoms with van der Waals surface area (Å²) in [7, 11) is 0. The van der Waals surface area contributed by atoms with Crippen LogP contribution in [0.25, 0.3) is 0 Å². The summed E-state index contributed by atoms with van der Waals surface area (Å²) in [6.45, 7) is 9.11. The molecule has 0 aromatic carbocycles. The lowest BCUT2D eigenvalue weighted by atomic mass is 9.79. The van der Waals surface area contributed by atoms with E-state index in [-0.39, 0.29) is 0 Å². The van der Waals surface area contributed by atoms with Crippen molar-refractivity contribution in [1.29, 1.82) is 5.26 Å². The van der Waals surface area contributed by atoms with E-state index in [1.165, 1.54) is 6.42 Å². The Balaban J connectivity index is 2.11. The third kappa shape index (κ3) is 2.64. The first-order chi connectivity index (χ1) is 8.61. The van der Waals surface area contributed by atoms with E-state index in [4.69, 9.17) is 5.26 Å². The van der Waals surface area contributed by atoms with E-state index >= 15 is 0 Å². The normalized spacial score (nSPS) is 24.1. The molecule has 3 heteroatoms. The van der Waals surface area contributed by atoms with Crippen LogP contribution in [0.15, 0.2) is 18.3 Å². The van der Waals surface area contributed by atoms with Crippen LogP contribution in [0.4, 0.5) is 5.82 Å². The Hall–Kier alpha value is -1.56. The van der Waals surface area contributed by atoms with Gasteiger partial charge in [0.1, 0.15) is 11.9 Å². The topological polar surface area (TPSA) is 39.9 Å². The lowest BCUT2D eigenvalue weighted by molar-refractivity contribution is 0.232. The summed E-state index contributed by atoms with van der Waals surface area (Å²) in [6, 6.07) is 5.93. The maximum absolute atomic E-state index is 8.78.